The molecule has 3 nitrogen and oxygen atoms in total. The normalized spacial score (nSPS) is 11.3. The van der Waals surface area contributed by atoms with Gasteiger partial charge in [0, 0.05) is 6.07 Å². The van der Waals surface area contributed by atoms with Gasteiger partial charge in [0.1, 0.15) is 0 Å². The van der Waals surface area contributed by atoms with Gasteiger partial charge >= 0.3 is 0 Å². The lowest BCUT2D eigenvalue weighted by atomic mass is 10.1. The molecule has 102 valence electrons. The Bertz CT molecular complexity index is 1020. The van der Waals surface area contributed by atoms with E-state index in [9.17, 15) is 4.79 Å². The zero-order valence-electron chi connectivity index (χ0n) is 11.4. The van der Waals surface area contributed by atoms with E-state index in [1.54, 1.807) is 17.4 Å². The predicted molar refractivity (Wildman–Crippen MR) is 87.0 cm³/mol. The molecule has 0 fully saturated rings. The highest BCUT2D eigenvalue weighted by Crippen LogP contribution is 2.31. The Labute approximate surface area is 125 Å². The molecule has 2 aromatic heterocycles. The van der Waals surface area contributed by atoms with Gasteiger partial charge in [-0.2, -0.15) is 4.98 Å². The highest BCUT2D eigenvalue weighted by molar-refractivity contribution is 7.23. The van der Waals surface area contributed by atoms with Crippen LogP contribution in [0.2, 0.25) is 0 Å². The number of hydrogen-bond donors (Lipinski definition) is 0. The van der Waals surface area contributed by atoms with Crippen LogP contribution in [0.3, 0.4) is 0 Å². The first kappa shape index (κ1) is 12.3. The molecule has 0 aliphatic rings. The zero-order chi connectivity index (χ0) is 14.4. The Morgan fingerprint density at radius 1 is 1.05 bits per heavy atom. The highest BCUT2D eigenvalue weighted by Gasteiger charge is 2.13. The molecule has 0 amide bonds. The molecule has 0 spiro atoms. The summed E-state index contributed by atoms with van der Waals surface area (Å²) in [6, 6.07) is 17.8. The van der Waals surface area contributed by atoms with Crippen LogP contribution in [0, 0.1) is 6.92 Å². The quantitative estimate of drug-likeness (QED) is 0.533. The summed E-state index contributed by atoms with van der Waals surface area (Å²) < 4.78 is 3.23. The van der Waals surface area contributed by atoms with Gasteiger partial charge in [-0.1, -0.05) is 53.8 Å². The zero-order valence-corrected chi connectivity index (χ0v) is 12.2. The number of para-hydroxylation sites is 1. The van der Waals surface area contributed by atoms with Crippen molar-refractivity contribution in [3.63, 3.8) is 0 Å². The van der Waals surface area contributed by atoms with Crippen molar-refractivity contribution in [1.82, 2.24) is 9.38 Å². The van der Waals surface area contributed by atoms with Gasteiger partial charge in [-0.15, -0.1) is 0 Å². The number of nitrogens with zero attached hydrogens (tertiary/aromatic N) is 2. The molecule has 0 saturated carbocycles. The van der Waals surface area contributed by atoms with E-state index in [1.165, 1.54) is 5.56 Å². The van der Waals surface area contributed by atoms with E-state index in [-0.39, 0.29) is 5.56 Å². The molecule has 4 aromatic rings. The monoisotopic (exact) mass is 292 g/mol. The minimum Gasteiger partial charge on any atom is -0.284 e. The molecule has 0 bridgehead atoms. The van der Waals surface area contributed by atoms with Crippen LogP contribution >= 0.6 is 11.3 Å². The van der Waals surface area contributed by atoms with Crippen LogP contribution in [0.15, 0.2) is 59.4 Å². The van der Waals surface area contributed by atoms with Crippen molar-refractivity contribution in [2.24, 2.45) is 0 Å². The summed E-state index contributed by atoms with van der Waals surface area (Å²) in [5.74, 6) is 0. The van der Waals surface area contributed by atoms with Gasteiger partial charge in [0.15, 0.2) is 4.96 Å². The first-order valence-corrected chi connectivity index (χ1v) is 7.53. The molecule has 4 heteroatoms. The summed E-state index contributed by atoms with van der Waals surface area (Å²) >= 11 is 1.55. The molecule has 0 atom stereocenters. The van der Waals surface area contributed by atoms with E-state index >= 15 is 0 Å². The Morgan fingerprint density at radius 3 is 2.67 bits per heavy atom. The first-order valence-electron chi connectivity index (χ1n) is 6.71. The summed E-state index contributed by atoms with van der Waals surface area (Å²) in [4.78, 5) is 16.8. The Morgan fingerprint density at radius 2 is 1.86 bits per heavy atom. The molecule has 4 rings (SSSR count). The Hall–Kier alpha value is -2.46. The molecule has 0 unspecified atom stereocenters. The molecule has 2 aromatic carbocycles. The maximum Gasteiger partial charge on any atom is 0.274 e. The molecule has 0 radical (unpaired) electrons. The highest BCUT2D eigenvalue weighted by atomic mass is 32.1. The number of thiazole rings is 1. The third-order valence-electron chi connectivity index (χ3n) is 3.59. The second-order valence-electron chi connectivity index (χ2n) is 4.99. The third kappa shape index (κ3) is 1.87. The maximum absolute atomic E-state index is 11.9. The van der Waals surface area contributed by atoms with Crippen molar-refractivity contribution < 1.29 is 0 Å². The summed E-state index contributed by atoms with van der Waals surface area (Å²) in [5.41, 5.74) is 4.03. The number of rotatable bonds is 1. The topological polar surface area (TPSA) is 34.4 Å². The predicted octanol–water partition coefficient (Wildman–Crippen LogP) is 3.88. The van der Waals surface area contributed by atoms with Crippen molar-refractivity contribution in [2.45, 2.75) is 6.92 Å². The van der Waals surface area contributed by atoms with Gasteiger partial charge in [-0.25, -0.2) is 0 Å². The van der Waals surface area contributed by atoms with E-state index in [4.69, 9.17) is 0 Å². The fraction of sp³-hybridized carbons (Fsp3) is 0.0588. The molecule has 0 N–H and O–H groups in total. The van der Waals surface area contributed by atoms with Crippen molar-refractivity contribution >= 4 is 26.5 Å². The largest absolute Gasteiger partial charge is 0.284 e. The van der Waals surface area contributed by atoms with E-state index in [1.807, 2.05) is 36.4 Å². The summed E-state index contributed by atoms with van der Waals surface area (Å²) in [7, 11) is 0. The average Bonchev–Trinajstić information content (AvgIpc) is 2.86. The van der Waals surface area contributed by atoms with Crippen LogP contribution in [0.25, 0.3) is 26.4 Å². The van der Waals surface area contributed by atoms with E-state index in [0.29, 0.717) is 0 Å². The van der Waals surface area contributed by atoms with Crippen LogP contribution in [-0.2, 0) is 0 Å². The maximum atomic E-state index is 11.9. The van der Waals surface area contributed by atoms with Gasteiger partial charge in [0.2, 0.25) is 0 Å². The molecule has 0 saturated heterocycles. The number of fused-ring (bicyclic) bond motifs is 3. The van der Waals surface area contributed by atoms with Crippen LogP contribution in [0.4, 0.5) is 0 Å². The number of benzene rings is 2. The number of aryl methyl sites for hydroxylation is 1. The first-order chi connectivity index (χ1) is 10.2. The van der Waals surface area contributed by atoms with Gasteiger partial charge in [-0.3, -0.25) is 9.20 Å². The molecular formula is C17H12N2OS. The molecule has 0 aliphatic carbocycles. The van der Waals surface area contributed by atoms with E-state index in [0.717, 1.165) is 26.4 Å². The van der Waals surface area contributed by atoms with Crippen LogP contribution < -0.4 is 5.56 Å². The molecule has 21 heavy (non-hydrogen) atoms. The Balaban J connectivity index is 2.25. The fourth-order valence-electron chi connectivity index (χ4n) is 2.67. The number of hydrogen-bond acceptors (Lipinski definition) is 3. The van der Waals surface area contributed by atoms with E-state index in [2.05, 4.69) is 28.4 Å². The summed E-state index contributed by atoms with van der Waals surface area (Å²) in [6.45, 7) is 2.08. The van der Waals surface area contributed by atoms with Crippen molar-refractivity contribution in [3.05, 3.63) is 70.5 Å². The van der Waals surface area contributed by atoms with Gasteiger partial charge < -0.3 is 0 Å². The lowest BCUT2D eigenvalue weighted by molar-refractivity contribution is 1.14. The van der Waals surface area contributed by atoms with Crippen LogP contribution in [-0.4, -0.2) is 9.38 Å². The van der Waals surface area contributed by atoms with Crippen molar-refractivity contribution in [1.29, 1.82) is 0 Å². The molecule has 2 heterocycles. The fourth-order valence-corrected chi connectivity index (χ4v) is 3.78. The minimum atomic E-state index is -0.196. The van der Waals surface area contributed by atoms with Gasteiger partial charge in [0.25, 0.3) is 5.56 Å². The van der Waals surface area contributed by atoms with Gasteiger partial charge in [-0.05, 0) is 24.1 Å². The minimum absolute atomic E-state index is 0.196. The van der Waals surface area contributed by atoms with Crippen molar-refractivity contribution in [3.8, 4) is 11.3 Å². The van der Waals surface area contributed by atoms with E-state index < -0.39 is 0 Å². The van der Waals surface area contributed by atoms with Crippen molar-refractivity contribution in [2.75, 3.05) is 0 Å². The standard InChI is InChI=1S/C17H12N2OS/c1-11-6-5-9-14-16(11)19-13(12-7-3-2-4-8-12)10-15(20)18-17(19)21-14/h2-10H,1H3. The number of aromatic nitrogens is 2. The Kier molecular flexibility index (Phi) is 2.65. The lowest BCUT2D eigenvalue weighted by Crippen LogP contribution is -2.08. The average molecular weight is 292 g/mol. The van der Waals surface area contributed by atoms with Crippen LogP contribution in [0.1, 0.15) is 5.56 Å². The lowest BCUT2D eigenvalue weighted by Gasteiger charge is -2.07. The molecular weight excluding hydrogens is 280 g/mol. The summed E-state index contributed by atoms with van der Waals surface area (Å²) in [6.07, 6.45) is 0. The second kappa shape index (κ2) is 4.53. The van der Waals surface area contributed by atoms with Crippen LogP contribution in [0.5, 0.6) is 0 Å². The smallest absolute Gasteiger partial charge is 0.274 e. The second-order valence-corrected chi connectivity index (χ2v) is 6.00. The molecule has 0 aliphatic heterocycles. The van der Waals surface area contributed by atoms with Gasteiger partial charge in [0.05, 0.1) is 15.9 Å². The third-order valence-corrected chi connectivity index (χ3v) is 4.60. The summed E-state index contributed by atoms with van der Waals surface area (Å²) in [5, 5.41) is 0. The SMILES string of the molecule is Cc1cccc2sc3nc(=O)cc(-c4ccccc4)n3c12.